The zero-order valence-corrected chi connectivity index (χ0v) is 11.3. The van der Waals surface area contributed by atoms with Crippen molar-refractivity contribution in [1.82, 2.24) is 4.90 Å². The van der Waals surface area contributed by atoms with Crippen molar-refractivity contribution in [3.05, 3.63) is 24.2 Å². The molecule has 3 heterocycles. The largest absolute Gasteiger partial charge is 0.472 e. The van der Waals surface area contributed by atoms with Gasteiger partial charge in [0, 0.05) is 24.2 Å². The number of rotatable bonds is 1. The van der Waals surface area contributed by atoms with E-state index in [1.54, 1.807) is 6.26 Å². The van der Waals surface area contributed by atoms with Crippen molar-refractivity contribution in [3.63, 3.8) is 0 Å². The molecule has 3 nitrogen and oxygen atoms in total. The van der Waals surface area contributed by atoms with Crippen molar-refractivity contribution in [3.8, 4) is 0 Å². The third-order valence-corrected chi connectivity index (χ3v) is 4.81. The van der Waals surface area contributed by atoms with Gasteiger partial charge in [-0.3, -0.25) is 4.90 Å². The Morgan fingerprint density at radius 2 is 2.22 bits per heavy atom. The molecule has 1 aromatic rings. The minimum atomic E-state index is -0.532. The van der Waals surface area contributed by atoms with Gasteiger partial charge in [-0.1, -0.05) is 6.92 Å². The van der Waals surface area contributed by atoms with Crippen LogP contribution >= 0.6 is 0 Å². The molecule has 3 heteroatoms. The first-order valence-electron chi connectivity index (χ1n) is 7.07. The van der Waals surface area contributed by atoms with Gasteiger partial charge < -0.3 is 9.52 Å². The van der Waals surface area contributed by atoms with Crippen LogP contribution in [0.15, 0.2) is 23.0 Å². The first kappa shape index (κ1) is 12.2. The van der Waals surface area contributed by atoms with Crippen molar-refractivity contribution < 1.29 is 9.52 Å². The normalized spacial score (nSPS) is 41.6. The zero-order chi connectivity index (χ0) is 12.8. The molecule has 1 N–H and O–H groups in total. The van der Waals surface area contributed by atoms with E-state index in [0.29, 0.717) is 12.1 Å². The number of nitrogens with zero attached hydrogens (tertiary/aromatic N) is 1. The Labute approximate surface area is 109 Å². The summed E-state index contributed by atoms with van der Waals surface area (Å²) < 4.78 is 5.24. The highest BCUT2D eigenvalue weighted by molar-refractivity contribution is 5.15. The van der Waals surface area contributed by atoms with Crippen LogP contribution in [0.4, 0.5) is 0 Å². The Morgan fingerprint density at radius 1 is 1.39 bits per heavy atom. The van der Waals surface area contributed by atoms with Crippen LogP contribution in [0.1, 0.15) is 51.1 Å². The van der Waals surface area contributed by atoms with Gasteiger partial charge in [0.1, 0.15) is 0 Å². The summed E-state index contributed by atoms with van der Waals surface area (Å²) in [6.07, 6.45) is 8.11. The molecule has 3 rings (SSSR count). The van der Waals surface area contributed by atoms with Gasteiger partial charge in [-0.15, -0.1) is 0 Å². The number of aliphatic hydroxyl groups is 1. The SMILES string of the molecule is C[C@@H]1CC[C@@H](c2ccoc2)N2C[C@](C)(O)CC[C@@H]12. The maximum absolute atomic E-state index is 10.3. The van der Waals surface area contributed by atoms with Crippen molar-refractivity contribution in [2.24, 2.45) is 5.92 Å². The Balaban J connectivity index is 1.87. The second-order valence-corrected chi connectivity index (χ2v) is 6.40. The molecular formula is C15H23NO2. The number of hydrogen-bond donors (Lipinski definition) is 1. The van der Waals surface area contributed by atoms with Gasteiger partial charge in [0.15, 0.2) is 0 Å². The van der Waals surface area contributed by atoms with Crippen molar-refractivity contribution in [2.45, 2.75) is 57.2 Å². The van der Waals surface area contributed by atoms with E-state index in [-0.39, 0.29) is 0 Å². The highest BCUT2D eigenvalue weighted by Crippen LogP contribution is 2.43. The molecule has 0 unspecified atom stereocenters. The van der Waals surface area contributed by atoms with E-state index in [0.717, 1.165) is 25.3 Å². The van der Waals surface area contributed by atoms with Crippen molar-refractivity contribution >= 4 is 0 Å². The van der Waals surface area contributed by atoms with Gasteiger partial charge in [0.2, 0.25) is 0 Å². The summed E-state index contributed by atoms with van der Waals surface area (Å²) in [5.74, 6) is 0.740. The van der Waals surface area contributed by atoms with E-state index < -0.39 is 5.60 Å². The third-order valence-electron chi connectivity index (χ3n) is 4.81. The van der Waals surface area contributed by atoms with Crippen LogP contribution in [0.3, 0.4) is 0 Å². The molecule has 0 aliphatic carbocycles. The maximum atomic E-state index is 10.3. The second-order valence-electron chi connectivity index (χ2n) is 6.40. The fraction of sp³-hybridized carbons (Fsp3) is 0.733. The van der Waals surface area contributed by atoms with E-state index in [9.17, 15) is 5.11 Å². The first-order chi connectivity index (χ1) is 8.57. The van der Waals surface area contributed by atoms with Gasteiger partial charge in [0.05, 0.1) is 18.1 Å². The Kier molecular flexibility index (Phi) is 2.99. The lowest BCUT2D eigenvalue weighted by Gasteiger charge is -2.51. The lowest BCUT2D eigenvalue weighted by molar-refractivity contribution is -0.0852. The average Bonchev–Trinajstić information content (AvgIpc) is 2.81. The van der Waals surface area contributed by atoms with Crippen LogP contribution in [-0.2, 0) is 0 Å². The Morgan fingerprint density at radius 3 is 2.94 bits per heavy atom. The smallest absolute Gasteiger partial charge is 0.0950 e. The summed E-state index contributed by atoms with van der Waals surface area (Å²) in [6.45, 7) is 5.11. The molecule has 18 heavy (non-hydrogen) atoms. The fourth-order valence-corrected chi connectivity index (χ4v) is 3.77. The summed E-state index contributed by atoms with van der Waals surface area (Å²) in [5.41, 5.74) is 0.736. The minimum Gasteiger partial charge on any atom is -0.472 e. The Hall–Kier alpha value is -0.800. The molecule has 0 bridgehead atoms. The van der Waals surface area contributed by atoms with Crippen molar-refractivity contribution in [2.75, 3.05) is 6.54 Å². The van der Waals surface area contributed by atoms with Crippen LogP contribution in [0.25, 0.3) is 0 Å². The summed E-state index contributed by atoms with van der Waals surface area (Å²) in [5, 5.41) is 10.3. The monoisotopic (exact) mass is 249 g/mol. The quantitative estimate of drug-likeness (QED) is 0.831. The summed E-state index contributed by atoms with van der Waals surface area (Å²) in [7, 11) is 0. The molecule has 0 amide bonds. The molecule has 2 aliphatic rings. The van der Waals surface area contributed by atoms with E-state index >= 15 is 0 Å². The Bertz CT molecular complexity index is 399. The molecular weight excluding hydrogens is 226 g/mol. The molecule has 0 aromatic carbocycles. The highest BCUT2D eigenvalue weighted by Gasteiger charge is 2.43. The van der Waals surface area contributed by atoms with Gasteiger partial charge in [0.25, 0.3) is 0 Å². The van der Waals surface area contributed by atoms with Gasteiger partial charge >= 0.3 is 0 Å². The summed E-state index contributed by atoms with van der Waals surface area (Å²) >= 11 is 0. The molecule has 2 aliphatic heterocycles. The fourth-order valence-electron chi connectivity index (χ4n) is 3.77. The topological polar surface area (TPSA) is 36.6 Å². The molecule has 4 atom stereocenters. The van der Waals surface area contributed by atoms with E-state index in [1.165, 1.54) is 18.4 Å². The van der Waals surface area contributed by atoms with Crippen LogP contribution in [0, 0.1) is 5.92 Å². The lowest BCUT2D eigenvalue weighted by atomic mass is 9.77. The summed E-state index contributed by atoms with van der Waals surface area (Å²) in [6, 6.07) is 3.12. The molecule has 100 valence electrons. The average molecular weight is 249 g/mol. The molecule has 0 saturated carbocycles. The second kappa shape index (κ2) is 4.39. The number of piperidine rings is 2. The summed E-state index contributed by atoms with van der Waals surface area (Å²) in [4.78, 5) is 2.52. The van der Waals surface area contributed by atoms with Gasteiger partial charge in [-0.2, -0.15) is 0 Å². The molecule has 2 fully saturated rings. The highest BCUT2D eigenvalue weighted by atomic mass is 16.3. The van der Waals surface area contributed by atoms with Crippen LogP contribution in [0.2, 0.25) is 0 Å². The molecule has 1 aromatic heterocycles. The van der Waals surface area contributed by atoms with E-state index in [2.05, 4.69) is 17.9 Å². The zero-order valence-electron chi connectivity index (χ0n) is 11.3. The van der Waals surface area contributed by atoms with E-state index in [4.69, 9.17) is 4.42 Å². The number of hydrogen-bond acceptors (Lipinski definition) is 3. The third kappa shape index (κ3) is 2.10. The number of fused-ring (bicyclic) bond motifs is 1. The van der Waals surface area contributed by atoms with Gasteiger partial charge in [-0.05, 0) is 44.6 Å². The predicted molar refractivity (Wildman–Crippen MR) is 70.2 cm³/mol. The van der Waals surface area contributed by atoms with Gasteiger partial charge in [-0.25, -0.2) is 0 Å². The standard InChI is InChI=1S/C15H23NO2/c1-11-3-4-14(12-6-8-18-9-12)16-10-15(2,17)7-5-13(11)16/h6,8-9,11,13-14,17H,3-5,7,10H2,1-2H3/t11-,13+,14+,15-/m1/s1. The van der Waals surface area contributed by atoms with Crippen LogP contribution in [-0.4, -0.2) is 28.2 Å². The van der Waals surface area contributed by atoms with Crippen molar-refractivity contribution in [1.29, 1.82) is 0 Å². The predicted octanol–water partition coefficient (Wildman–Crippen LogP) is 2.97. The first-order valence-corrected chi connectivity index (χ1v) is 7.07. The minimum absolute atomic E-state index is 0.428. The number of furan rings is 1. The molecule has 0 spiro atoms. The maximum Gasteiger partial charge on any atom is 0.0950 e. The van der Waals surface area contributed by atoms with E-state index in [1.807, 2.05) is 13.2 Å². The lowest BCUT2D eigenvalue weighted by Crippen LogP contribution is -2.56. The molecule has 2 saturated heterocycles. The molecule has 0 radical (unpaired) electrons. The van der Waals surface area contributed by atoms with Crippen LogP contribution < -0.4 is 0 Å². The van der Waals surface area contributed by atoms with Crippen LogP contribution in [0.5, 0.6) is 0 Å².